The topological polar surface area (TPSA) is 312 Å². The van der Waals surface area contributed by atoms with E-state index in [9.17, 15) is 48.3 Å². The zero-order valence-electron chi connectivity index (χ0n) is 33.5. The number of fused-ring (bicyclic) bond motifs is 2. The Labute approximate surface area is 358 Å². The van der Waals surface area contributed by atoms with E-state index in [1.807, 2.05) is 24.3 Å². The third-order valence-corrected chi connectivity index (χ3v) is 12.8. The van der Waals surface area contributed by atoms with Crippen molar-refractivity contribution in [2.75, 3.05) is 44.2 Å². The van der Waals surface area contributed by atoms with Gasteiger partial charge >= 0.3 is 5.97 Å². The summed E-state index contributed by atoms with van der Waals surface area (Å²) in [5.41, 5.74) is 7.40. The number of aromatic amines is 1. The first-order valence-corrected chi connectivity index (χ1v) is 22.4. The maximum atomic E-state index is 14.0. The van der Waals surface area contributed by atoms with Crippen molar-refractivity contribution in [3.63, 3.8) is 0 Å². The van der Waals surface area contributed by atoms with E-state index >= 15 is 0 Å². The van der Waals surface area contributed by atoms with Gasteiger partial charge in [-0.25, -0.2) is 0 Å². The van der Waals surface area contributed by atoms with E-state index in [2.05, 4.69) is 42.2 Å². The number of piperidine rings is 1. The number of carbonyl (C=O) groups is 9. The molecule has 61 heavy (non-hydrogen) atoms. The Morgan fingerprint density at radius 2 is 1.67 bits per heavy atom. The van der Waals surface area contributed by atoms with E-state index in [1.165, 1.54) is 22.6 Å². The Balaban J connectivity index is 1.32. The number of hydrogen-bond donors (Lipinski definition) is 10. The van der Waals surface area contributed by atoms with Gasteiger partial charge in [0.2, 0.25) is 47.3 Å². The number of primary amides is 1. The van der Waals surface area contributed by atoms with Crippen molar-refractivity contribution < 1.29 is 53.0 Å². The number of aliphatic carboxylic acids is 1. The van der Waals surface area contributed by atoms with E-state index in [0.717, 1.165) is 27.3 Å². The number of carbonyl (C=O) groups excluding carboxylic acids is 8. The van der Waals surface area contributed by atoms with Crippen LogP contribution in [-0.4, -0.2) is 149 Å². The lowest BCUT2D eigenvalue weighted by Crippen LogP contribution is -2.58. The van der Waals surface area contributed by atoms with E-state index < -0.39 is 96.6 Å². The Hall–Kier alpha value is -5.39. The third-order valence-electron chi connectivity index (χ3n) is 10.4. The fourth-order valence-electron chi connectivity index (χ4n) is 7.09. The first-order chi connectivity index (χ1) is 29.2. The van der Waals surface area contributed by atoms with Crippen LogP contribution in [0.4, 0.5) is 0 Å². The maximum absolute atomic E-state index is 14.0. The molecule has 0 aliphatic carbocycles. The average Bonchev–Trinajstić information content (AvgIpc) is 3.86. The van der Waals surface area contributed by atoms with Crippen LogP contribution < -0.4 is 43.0 Å². The second-order valence-electron chi connectivity index (χ2n) is 14.9. The van der Waals surface area contributed by atoms with Crippen molar-refractivity contribution >= 4 is 85.7 Å². The molecule has 23 heteroatoms. The van der Waals surface area contributed by atoms with Crippen LogP contribution >= 0.6 is 21.6 Å². The molecule has 3 aliphatic heterocycles. The quantitative estimate of drug-likeness (QED) is 0.117. The highest BCUT2D eigenvalue weighted by Gasteiger charge is 2.43. The fourth-order valence-corrected chi connectivity index (χ4v) is 9.26. The molecular formula is C38H52N10O11S2. The SMILES string of the molecule is C[C@@H]1NC(=O)[C@H](CC(=O)O)NC(=O)CNC(=O)[C@H](CNC(=O)C2CCNCC2)NC(=O)CCSSCC(C(N)=O)NC(=O)[C@@H]2CC(OCc3c[nH]c4ccccc34)CN2C1=O. The van der Waals surface area contributed by atoms with E-state index in [0.29, 0.717) is 25.9 Å². The number of nitrogens with one attached hydrogen (secondary N) is 8. The van der Waals surface area contributed by atoms with Crippen LogP contribution in [0, 0.1) is 5.92 Å². The van der Waals surface area contributed by atoms with Gasteiger partial charge < -0.3 is 62.7 Å². The molecule has 0 saturated carbocycles. The van der Waals surface area contributed by atoms with Gasteiger partial charge in [0.1, 0.15) is 30.2 Å². The molecule has 4 heterocycles. The summed E-state index contributed by atoms with van der Waals surface area (Å²) < 4.78 is 6.19. The molecule has 11 N–H and O–H groups in total. The lowest BCUT2D eigenvalue weighted by atomic mass is 9.97. The van der Waals surface area contributed by atoms with Crippen LogP contribution in [0.2, 0.25) is 0 Å². The minimum absolute atomic E-state index is 0.000716. The molecule has 21 nitrogen and oxygen atoms in total. The third kappa shape index (κ3) is 13.6. The van der Waals surface area contributed by atoms with Crippen molar-refractivity contribution in [1.29, 1.82) is 0 Å². The lowest BCUT2D eigenvalue weighted by molar-refractivity contribution is -0.143. The van der Waals surface area contributed by atoms with Gasteiger partial charge in [0.15, 0.2) is 0 Å². The van der Waals surface area contributed by atoms with Gasteiger partial charge in [0.25, 0.3) is 0 Å². The van der Waals surface area contributed by atoms with Gasteiger partial charge in [-0.3, -0.25) is 43.2 Å². The highest BCUT2D eigenvalue weighted by atomic mass is 33.1. The van der Waals surface area contributed by atoms with Crippen molar-refractivity contribution in [1.82, 2.24) is 47.1 Å². The molecule has 3 saturated heterocycles. The van der Waals surface area contributed by atoms with Crippen molar-refractivity contribution in [2.24, 2.45) is 11.7 Å². The minimum atomic E-state index is -1.70. The van der Waals surface area contributed by atoms with Crippen molar-refractivity contribution in [3.8, 4) is 0 Å². The van der Waals surface area contributed by atoms with Gasteiger partial charge in [0, 0.05) is 66.0 Å². The zero-order valence-corrected chi connectivity index (χ0v) is 35.1. The van der Waals surface area contributed by atoms with Crippen molar-refractivity contribution in [3.05, 3.63) is 36.0 Å². The number of amides is 8. The van der Waals surface area contributed by atoms with Gasteiger partial charge in [-0.15, -0.1) is 0 Å². The number of nitrogens with zero attached hydrogens (tertiary/aromatic N) is 1. The summed E-state index contributed by atoms with van der Waals surface area (Å²) in [7, 11) is 2.36. The van der Waals surface area contributed by atoms with Crippen LogP contribution in [0.1, 0.15) is 44.6 Å². The Morgan fingerprint density at radius 1 is 0.934 bits per heavy atom. The van der Waals surface area contributed by atoms with E-state index in [1.54, 1.807) is 6.20 Å². The smallest absolute Gasteiger partial charge is 0.305 e. The summed E-state index contributed by atoms with van der Waals surface area (Å²) in [5, 5.41) is 28.6. The van der Waals surface area contributed by atoms with Crippen LogP contribution in [0.25, 0.3) is 10.9 Å². The number of H-pyrrole nitrogens is 1. The number of para-hydroxylation sites is 1. The number of nitrogens with two attached hydrogens (primary N) is 1. The maximum Gasteiger partial charge on any atom is 0.305 e. The first-order valence-electron chi connectivity index (χ1n) is 19.9. The monoisotopic (exact) mass is 888 g/mol. The van der Waals surface area contributed by atoms with Crippen LogP contribution in [0.5, 0.6) is 0 Å². The predicted octanol–water partition coefficient (Wildman–Crippen LogP) is -2.41. The fraction of sp³-hybridized carbons (Fsp3) is 0.553. The molecule has 1 aromatic carbocycles. The second kappa shape index (κ2) is 22.5. The van der Waals surface area contributed by atoms with E-state index in [-0.39, 0.29) is 55.9 Å². The minimum Gasteiger partial charge on any atom is -0.481 e. The van der Waals surface area contributed by atoms with Crippen LogP contribution in [0.15, 0.2) is 30.5 Å². The summed E-state index contributed by atoms with van der Waals surface area (Å²) in [4.78, 5) is 122. The number of carboxylic acid groups (broad SMARTS) is 1. The number of benzene rings is 1. The number of ether oxygens (including phenoxy) is 1. The summed E-state index contributed by atoms with van der Waals surface area (Å²) in [6.45, 7) is 1.65. The second-order valence-corrected chi connectivity index (χ2v) is 17.5. The van der Waals surface area contributed by atoms with Crippen LogP contribution in [-0.2, 0) is 54.5 Å². The highest BCUT2D eigenvalue weighted by Crippen LogP contribution is 2.27. The van der Waals surface area contributed by atoms with Gasteiger partial charge in [-0.1, -0.05) is 39.8 Å². The molecule has 2 aromatic rings. The van der Waals surface area contributed by atoms with Gasteiger partial charge in [-0.2, -0.15) is 0 Å². The Bertz CT molecular complexity index is 1960. The van der Waals surface area contributed by atoms with E-state index in [4.69, 9.17) is 10.5 Å². The first kappa shape index (κ1) is 46.7. The van der Waals surface area contributed by atoms with Crippen molar-refractivity contribution in [2.45, 2.75) is 81.9 Å². The molecular weight excluding hydrogens is 837 g/mol. The molecule has 3 aliphatic rings. The molecule has 0 spiro atoms. The van der Waals surface area contributed by atoms with Gasteiger partial charge in [0.05, 0.1) is 25.7 Å². The molecule has 6 atom stereocenters. The molecule has 8 amide bonds. The molecule has 0 bridgehead atoms. The number of rotatable bonds is 9. The summed E-state index contributed by atoms with van der Waals surface area (Å²) in [6.07, 6.45) is 1.35. The summed E-state index contributed by atoms with van der Waals surface area (Å²) in [6, 6.07) is 0.900. The molecule has 0 radical (unpaired) electrons. The predicted molar refractivity (Wildman–Crippen MR) is 223 cm³/mol. The molecule has 3 fully saturated rings. The Kier molecular flexibility index (Phi) is 17.2. The Morgan fingerprint density at radius 3 is 2.41 bits per heavy atom. The zero-order chi connectivity index (χ0) is 44.1. The molecule has 1 aromatic heterocycles. The molecule has 332 valence electrons. The molecule has 2 unspecified atom stereocenters. The lowest BCUT2D eigenvalue weighted by Gasteiger charge is -2.28. The average molecular weight is 889 g/mol. The normalized spacial score (nSPS) is 26.0. The number of aromatic nitrogens is 1. The number of hydrogen-bond acceptors (Lipinski definition) is 13. The standard InChI is InChI=1S/C38H52N10O11S2/c1-20-38(58)48-17-23(59-18-22-14-41-25-5-3-2-4-24(22)25)12-29(48)37(57)47-28(33(39)53)19-61-60-11-8-30(49)46-27(15-42-34(54)21-6-9-40-10-7-21)35(55)43-16-31(50)45-26(13-32(51)52)36(56)44-20/h2-5,14,20-21,23,26-29,40-41H,6-13,15-19H2,1H3,(H2,39,53)(H,42,54)(H,43,55)(H,44,56)(H,45,50)(H,46,49)(H,47,57)(H,51,52)/t20-,23?,26-,27-,28?,29-/m0/s1. The highest BCUT2D eigenvalue weighted by molar-refractivity contribution is 8.76. The molecule has 5 rings (SSSR count). The van der Waals surface area contributed by atoms with Gasteiger partial charge in [-0.05, 0) is 38.9 Å². The van der Waals surface area contributed by atoms with Crippen LogP contribution in [0.3, 0.4) is 0 Å². The summed E-state index contributed by atoms with van der Waals surface area (Å²) in [5.74, 6) is -7.52. The largest absolute Gasteiger partial charge is 0.481 e. The summed E-state index contributed by atoms with van der Waals surface area (Å²) >= 11 is 0. The number of carboxylic acids is 1.